The molecule has 0 radical (unpaired) electrons. The Morgan fingerprint density at radius 3 is 2.50 bits per heavy atom. The normalized spacial score (nSPS) is 10.9. The highest BCUT2D eigenvalue weighted by Gasteiger charge is 2.02. The Morgan fingerprint density at radius 2 is 1.80 bits per heavy atom. The molecule has 0 spiro atoms. The monoisotopic (exact) mass is 288 g/mol. The van der Waals surface area contributed by atoms with Crippen molar-refractivity contribution in [1.82, 2.24) is 4.90 Å². The van der Waals surface area contributed by atoms with Gasteiger partial charge < -0.3 is 10.6 Å². The molecule has 0 saturated carbocycles. The Kier molecular flexibility index (Phi) is 5.45. The van der Waals surface area contributed by atoms with Gasteiger partial charge in [-0.15, -0.1) is 0 Å². The number of nitrogens with two attached hydrogens (primary N) is 1. The van der Waals surface area contributed by atoms with Crippen molar-refractivity contribution >= 4 is 17.3 Å². The Balaban J connectivity index is 1.76. The summed E-state index contributed by atoms with van der Waals surface area (Å²) in [5, 5.41) is 0.634. The van der Waals surface area contributed by atoms with Gasteiger partial charge in [0.15, 0.2) is 0 Å². The van der Waals surface area contributed by atoms with Gasteiger partial charge in [-0.1, -0.05) is 48.0 Å². The van der Waals surface area contributed by atoms with Gasteiger partial charge in [-0.25, -0.2) is 0 Å². The molecule has 2 rings (SSSR count). The van der Waals surface area contributed by atoms with Gasteiger partial charge in [0.1, 0.15) is 0 Å². The van der Waals surface area contributed by atoms with Gasteiger partial charge in [0.2, 0.25) is 0 Å². The first kappa shape index (κ1) is 14.9. The van der Waals surface area contributed by atoms with Crippen LogP contribution < -0.4 is 5.73 Å². The van der Waals surface area contributed by atoms with E-state index in [1.807, 2.05) is 12.1 Å². The summed E-state index contributed by atoms with van der Waals surface area (Å²) in [7, 11) is 2.16. The molecule has 2 aromatic rings. The lowest BCUT2D eigenvalue weighted by Crippen LogP contribution is -2.19. The third-order valence-electron chi connectivity index (χ3n) is 3.36. The number of rotatable bonds is 6. The summed E-state index contributed by atoms with van der Waals surface area (Å²) in [6.07, 6.45) is 2.14. The standard InChI is InChI=1S/C17H21ClN2/c1-20(13-15-6-3-2-4-7-15)11-5-8-14-9-10-16(18)17(19)12-14/h2-4,6-7,9-10,12H,5,8,11,13,19H2,1H3. The van der Waals surface area contributed by atoms with Crippen LogP contribution in [0.5, 0.6) is 0 Å². The number of hydrogen-bond acceptors (Lipinski definition) is 2. The Morgan fingerprint density at radius 1 is 1.05 bits per heavy atom. The second kappa shape index (κ2) is 7.32. The molecule has 0 amide bonds. The summed E-state index contributed by atoms with van der Waals surface area (Å²) in [4.78, 5) is 2.34. The number of anilines is 1. The fraction of sp³-hybridized carbons (Fsp3) is 0.294. The minimum absolute atomic E-state index is 0.634. The number of nitrogen functional groups attached to an aromatic ring is 1. The van der Waals surface area contributed by atoms with E-state index in [4.69, 9.17) is 17.3 Å². The van der Waals surface area contributed by atoms with E-state index in [1.54, 1.807) is 0 Å². The van der Waals surface area contributed by atoms with E-state index in [9.17, 15) is 0 Å². The van der Waals surface area contributed by atoms with Crippen LogP contribution in [0, 0.1) is 0 Å². The number of aryl methyl sites for hydroxylation is 1. The highest BCUT2D eigenvalue weighted by atomic mass is 35.5. The molecule has 2 nitrogen and oxygen atoms in total. The SMILES string of the molecule is CN(CCCc1ccc(Cl)c(N)c1)Cc1ccccc1. The van der Waals surface area contributed by atoms with Gasteiger partial charge in [-0.3, -0.25) is 0 Å². The molecule has 3 heteroatoms. The zero-order chi connectivity index (χ0) is 14.4. The van der Waals surface area contributed by atoms with Crippen LogP contribution in [0.2, 0.25) is 5.02 Å². The summed E-state index contributed by atoms with van der Waals surface area (Å²) in [6.45, 7) is 2.06. The molecule has 2 N–H and O–H groups in total. The van der Waals surface area contributed by atoms with E-state index in [2.05, 4.69) is 48.3 Å². The van der Waals surface area contributed by atoms with Crippen molar-refractivity contribution in [3.8, 4) is 0 Å². The van der Waals surface area contributed by atoms with E-state index < -0.39 is 0 Å². The minimum atomic E-state index is 0.634. The fourth-order valence-corrected chi connectivity index (χ4v) is 2.39. The first-order valence-electron chi connectivity index (χ1n) is 6.91. The fourth-order valence-electron chi connectivity index (χ4n) is 2.28. The third-order valence-corrected chi connectivity index (χ3v) is 3.71. The molecule has 20 heavy (non-hydrogen) atoms. The minimum Gasteiger partial charge on any atom is -0.398 e. The zero-order valence-electron chi connectivity index (χ0n) is 11.8. The maximum absolute atomic E-state index is 5.92. The molecule has 0 aliphatic heterocycles. The predicted molar refractivity (Wildman–Crippen MR) is 87.0 cm³/mol. The zero-order valence-corrected chi connectivity index (χ0v) is 12.6. The average Bonchev–Trinajstić information content (AvgIpc) is 2.44. The largest absolute Gasteiger partial charge is 0.398 e. The first-order chi connectivity index (χ1) is 9.65. The summed E-state index contributed by atoms with van der Waals surface area (Å²) in [5.41, 5.74) is 9.08. The highest BCUT2D eigenvalue weighted by Crippen LogP contribution is 2.20. The van der Waals surface area contributed by atoms with Crippen molar-refractivity contribution < 1.29 is 0 Å². The molecule has 0 aliphatic carbocycles. The number of halogens is 1. The van der Waals surface area contributed by atoms with Crippen LogP contribution in [-0.4, -0.2) is 18.5 Å². The molecule has 0 aromatic heterocycles. The van der Waals surface area contributed by atoms with E-state index in [0.29, 0.717) is 10.7 Å². The quantitative estimate of drug-likeness (QED) is 0.815. The van der Waals surface area contributed by atoms with E-state index in [0.717, 1.165) is 25.9 Å². The molecule has 2 aromatic carbocycles. The van der Waals surface area contributed by atoms with Crippen LogP contribution in [0.25, 0.3) is 0 Å². The van der Waals surface area contributed by atoms with Crippen molar-refractivity contribution in [3.63, 3.8) is 0 Å². The van der Waals surface area contributed by atoms with Crippen molar-refractivity contribution in [2.75, 3.05) is 19.3 Å². The summed E-state index contributed by atoms with van der Waals surface area (Å²) in [6, 6.07) is 16.4. The van der Waals surface area contributed by atoms with Crippen LogP contribution in [0.4, 0.5) is 5.69 Å². The number of benzene rings is 2. The Bertz CT molecular complexity index is 540. The molecule has 0 aliphatic rings. The highest BCUT2D eigenvalue weighted by molar-refractivity contribution is 6.33. The lowest BCUT2D eigenvalue weighted by atomic mass is 10.1. The van der Waals surface area contributed by atoms with Gasteiger partial charge in [-0.2, -0.15) is 0 Å². The van der Waals surface area contributed by atoms with Crippen LogP contribution in [0.15, 0.2) is 48.5 Å². The Hall–Kier alpha value is -1.51. The van der Waals surface area contributed by atoms with Crippen molar-refractivity contribution in [2.24, 2.45) is 0 Å². The molecule has 0 unspecified atom stereocenters. The number of hydrogen-bond donors (Lipinski definition) is 1. The molecule has 0 heterocycles. The predicted octanol–water partition coefficient (Wildman–Crippen LogP) is 3.99. The van der Waals surface area contributed by atoms with Gasteiger partial charge >= 0.3 is 0 Å². The lowest BCUT2D eigenvalue weighted by molar-refractivity contribution is 0.322. The molecular formula is C17H21ClN2. The molecule has 0 bridgehead atoms. The lowest BCUT2D eigenvalue weighted by Gasteiger charge is -2.16. The van der Waals surface area contributed by atoms with Crippen molar-refractivity contribution in [1.29, 1.82) is 0 Å². The maximum atomic E-state index is 5.92. The third kappa shape index (κ3) is 4.55. The molecular weight excluding hydrogens is 268 g/mol. The summed E-state index contributed by atoms with van der Waals surface area (Å²) < 4.78 is 0. The topological polar surface area (TPSA) is 29.3 Å². The van der Waals surface area contributed by atoms with Crippen LogP contribution in [0.3, 0.4) is 0 Å². The van der Waals surface area contributed by atoms with Crippen molar-refractivity contribution in [2.45, 2.75) is 19.4 Å². The second-order valence-corrected chi connectivity index (χ2v) is 5.59. The van der Waals surface area contributed by atoms with Gasteiger partial charge in [0.25, 0.3) is 0 Å². The smallest absolute Gasteiger partial charge is 0.0635 e. The van der Waals surface area contributed by atoms with Crippen molar-refractivity contribution in [3.05, 3.63) is 64.7 Å². The van der Waals surface area contributed by atoms with Crippen LogP contribution >= 0.6 is 11.6 Å². The van der Waals surface area contributed by atoms with E-state index >= 15 is 0 Å². The number of nitrogens with zero attached hydrogens (tertiary/aromatic N) is 1. The van der Waals surface area contributed by atoms with Crippen LogP contribution in [0.1, 0.15) is 17.5 Å². The van der Waals surface area contributed by atoms with Gasteiger partial charge in [0, 0.05) is 6.54 Å². The van der Waals surface area contributed by atoms with E-state index in [1.165, 1.54) is 11.1 Å². The van der Waals surface area contributed by atoms with Crippen LogP contribution in [-0.2, 0) is 13.0 Å². The maximum Gasteiger partial charge on any atom is 0.0635 e. The molecule has 0 atom stereocenters. The molecule has 0 saturated heterocycles. The summed E-state index contributed by atoms with van der Waals surface area (Å²) >= 11 is 5.92. The second-order valence-electron chi connectivity index (χ2n) is 5.18. The molecule has 0 fully saturated rings. The van der Waals surface area contributed by atoms with E-state index in [-0.39, 0.29) is 0 Å². The first-order valence-corrected chi connectivity index (χ1v) is 7.29. The average molecular weight is 289 g/mol. The summed E-state index contributed by atoms with van der Waals surface area (Å²) in [5.74, 6) is 0. The molecule has 106 valence electrons. The van der Waals surface area contributed by atoms with Gasteiger partial charge in [-0.05, 0) is 49.7 Å². The Labute approximate surface area is 126 Å². The van der Waals surface area contributed by atoms with Gasteiger partial charge in [0.05, 0.1) is 10.7 Å².